The minimum absolute atomic E-state index is 0.0655. The third kappa shape index (κ3) is 3.79. The number of rotatable bonds is 6. The average Bonchev–Trinajstić information content (AvgIpc) is 2.59. The molecular weight excluding hydrogens is 280 g/mol. The standard InChI is InChI=1S/C18H20O4/c1-20-15-8-4-13(5-9-15)17(12-18(19)22-3)14-6-10-16(21-2)11-7-14/h4-11,17H,12H2,1-3H3. The van der Waals surface area contributed by atoms with Crippen molar-refractivity contribution >= 4 is 5.97 Å². The van der Waals surface area contributed by atoms with E-state index in [1.165, 1.54) is 7.11 Å². The summed E-state index contributed by atoms with van der Waals surface area (Å²) in [5.74, 6) is 1.27. The molecule has 0 saturated heterocycles. The minimum atomic E-state index is -0.239. The quantitative estimate of drug-likeness (QED) is 0.767. The molecule has 0 radical (unpaired) electrons. The van der Waals surface area contributed by atoms with Crippen LogP contribution in [0.3, 0.4) is 0 Å². The van der Waals surface area contributed by atoms with Gasteiger partial charge in [-0.1, -0.05) is 24.3 Å². The van der Waals surface area contributed by atoms with E-state index in [1.54, 1.807) is 14.2 Å². The molecule has 2 aromatic carbocycles. The van der Waals surface area contributed by atoms with Crippen LogP contribution >= 0.6 is 0 Å². The first-order chi connectivity index (χ1) is 10.7. The summed E-state index contributed by atoms with van der Waals surface area (Å²) < 4.78 is 15.2. The second-order valence-corrected chi connectivity index (χ2v) is 4.88. The molecule has 4 nitrogen and oxygen atoms in total. The Morgan fingerprint density at radius 2 is 1.23 bits per heavy atom. The molecule has 0 amide bonds. The van der Waals surface area contributed by atoms with E-state index in [-0.39, 0.29) is 18.3 Å². The van der Waals surface area contributed by atoms with Crippen LogP contribution in [0.15, 0.2) is 48.5 Å². The summed E-state index contributed by atoms with van der Waals surface area (Å²) in [5, 5.41) is 0. The lowest BCUT2D eigenvalue weighted by Crippen LogP contribution is -2.10. The Balaban J connectivity index is 2.33. The van der Waals surface area contributed by atoms with Gasteiger partial charge in [0.1, 0.15) is 11.5 Å². The normalized spacial score (nSPS) is 10.4. The van der Waals surface area contributed by atoms with Crippen molar-refractivity contribution in [2.24, 2.45) is 0 Å². The molecule has 0 spiro atoms. The van der Waals surface area contributed by atoms with Crippen LogP contribution in [0.4, 0.5) is 0 Å². The summed E-state index contributed by atoms with van der Waals surface area (Å²) in [6, 6.07) is 15.4. The predicted octanol–water partition coefficient (Wildman–Crippen LogP) is 3.40. The van der Waals surface area contributed by atoms with Crippen molar-refractivity contribution < 1.29 is 19.0 Å². The lowest BCUT2D eigenvalue weighted by molar-refractivity contribution is -0.140. The van der Waals surface area contributed by atoms with Gasteiger partial charge < -0.3 is 14.2 Å². The van der Waals surface area contributed by atoms with Gasteiger partial charge in [0, 0.05) is 5.92 Å². The van der Waals surface area contributed by atoms with Crippen LogP contribution in [-0.4, -0.2) is 27.3 Å². The van der Waals surface area contributed by atoms with Crippen molar-refractivity contribution in [2.45, 2.75) is 12.3 Å². The van der Waals surface area contributed by atoms with Crippen molar-refractivity contribution in [1.29, 1.82) is 0 Å². The molecule has 0 aliphatic rings. The number of methoxy groups -OCH3 is 3. The maximum Gasteiger partial charge on any atom is 0.306 e. The summed E-state index contributed by atoms with van der Waals surface area (Å²) in [5.41, 5.74) is 2.08. The number of carbonyl (C=O) groups is 1. The summed E-state index contributed by atoms with van der Waals surface area (Å²) in [6.07, 6.45) is 0.287. The van der Waals surface area contributed by atoms with E-state index in [1.807, 2.05) is 48.5 Å². The van der Waals surface area contributed by atoms with Crippen molar-refractivity contribution in [3.63, 3.8) is 0 Å². The average molecular weight is 300 g/mol. The van der Waals surface area contributed by atoms with Crippen LogP contribution in [0, 0.1) is 0 Å². The maximum absolute atomic E-state index is 11.7. The topological polar surface area (TPSA) is 44.8 Å². The molecule has 0 unspecified atom stereocenters. The van der Waals surface area contributed by atoms with Crippen LogP contribution in [0.1, 0.15) is 23.5 Å². The van der Waals surface area contributed by atoms with Crippen LogP contribution in [-0.2, 0) is 9.53 Å². The Morgan fingerprint density at radius 3 is 1.55 bits per heavy atom. The molecule has 0 saturated carbocycles. The van der Waals surface area contributed by atoms with Crippen LogP contribution < -0.4 is 9.47 Å². The molecule has 0 bridgehead atoms. The van der Waals surface area contributed by atoms with Gasteiger partial charge in [0.15, 0.2) is 0 Å². The number of benzene rings is 2. The van der Waals surface area contributed by atoms with Gasteiger partial charge in [-0.3, -0.25) is 4.79 Å². The number of carbonyl (C=O) groups excluding carboxylic acids is 1. The number of hydrogen-bond donors (Lipinski definition) is 0. The molecule has 2 rings (SSSR count). The zero-order valence-electron chi connectivity index (χ0n) is 13.0. The zero-order valence-corrected chi connectivity index (χ0v) is 13.0. The number of esters is 1. The molecular formula is C18H20O4. The second-order valence-electron chi connectivity index (χ2n) is 4.88. The molecule has 116 valence electrons. The molecule has 22 heavy (non-hydrogen) atoms. The highest BCUT2D eigenvalue weighted by Crippen LogP contribution is 2.30. The SMILES string of the molecule is COC(=O)CC(c1ccc(OC)cc1)c1ccc(OC)cc1. The predicted molar refractivity (Wildman–Crippen MR) is 84.5 cm³/mol. The minimum Gasteiger partial charge on any atom is -0.497 e. The van der Waals surface area contributed by atoms with Gasteiger partial charge >= 0.3 is 5.97 Å². The van der Waals surface area contributed by atoms with Crippen LogP contribution in [0.2, 0.25) is 0 Å². The molecule has 4 heteroatoms. The number of ether oxygens (including phenoxy) is 3. The fraction of sp³-hybridized carbons (Fsp3) is 0.278. The zero-order chi connectivity index (χ0) is 15.9. The van der Waals surface area contributed by atoms with Gasteiger partial charge in [-0.25, -0.2) is 0 Å². The molecule has 0 N–H and O–H groups in total. The lowest BCUT2D eigenvalue weighted by atomic mass is 9.88. The van der Waals surface area contributed by atoms with Gasteiger partial charge in [0.25, 0.3) is 0 Å². The summed E-state index contributed by atoms with van der Waals surface area (Å²) in [7, 11) is 4.66. The molecule has 0 fully saturated rings. The highest BCUT2D eigenvalue weighted by molar-refractivity contribution is 5.71. The van der Waals surface area contributed by atoms with Gasteiger partial charge in [-0.15, -0.1) is 0 Å². The largest absolute Gasteiger partial charge is 0.497 e. The number of hydrogen-bond acceptors (Lipinski definition) is 4. The van der Waals surface area contributed by atoms with Gasteiger partial charge in [-0.05, 0) is 35.4 Å². The van der Waals surface area contributed by atoms with Gasteiger partial charge in [0.05, 0.1) is 27.8 Å². The first-order valence-corrected chi connectivity index (χ1v) is 7.02. The van der Waals surface area contributed by atoms with Crippen molar-refractivity contribution in [1.82, 2.24) is 0 Å². The Morgan fingerprint density at radius 1 is 0.818 bits per heavy atom. The van der Waals surface area contributed by atoms with Gasteiger partial charge in [-0.2, -0.15) is 0 Å². The third-order valence-electron chi connectivity index (χ3n) is 3.63. The molecule has 0 atom stereocenters. The highest BCUT2D eigenvalue weighted by Gasteiger charge is 2.19. The van der Waals surface area contributed by atoms with E-state index in [0.29, 0.717) is 0 Å². The summed E-state index contributed by atoms with van der Waals surface area (Å²) in [6.45, 7) is 0. The smallest absolute Gasteiger partial charge is 0.306 e. The fourth-order valence-corrected chi connectivity index (χ4v) is 2.35. The van der Waals surface area contributed by atoms with E-state index < -0.39 is 0 Å². The van der Waals surface area contributed by atoms with E-state index in [0.717, 1.165) is 22.6 Å². The summed E-state index contributed by atoms with van der Waals surface area (Å²) >= 11 is 0. The van der Waals surface area contributed by atoms with Crippen LogP contribution in [0.25, 0.3) is 0 Å². The molecule has 2 aromatic rings. The lowest BCUT2D eigenvalue weighted by Gasteiger charge is -2.17. The highest BCUT2D eigenvalue weighted by atomic mass is 16.5. The van der Waals surface area contributed by atoms with E-state index in [2.05, 4.69) is 0 Å². The Hall–Kier alpha value is -2.49. The molecule has 0 heterocycles. The maximum atomic E-state index is 11.7. The molecule has 0 aliphatic heterocycles. The van der Waals surface area contributed by atoms with Gasteiger partial charge in [0.2, 0.25) is 0 Å². The van der Waals surface area contributed by atoms with E-state index in [9.17, 15) is 4.79 Å². The van der Waals surface area contributed by atoms with Crippen molar-refractivity contribution in [3.8, 4) is 11.5 Å². The first-order valence-electron chi connectivity index (χ1n) is 7.02. The monoisotopic (exact) mass is 300 g/mol. The first kappa shape index (κ1) is 15.9. The summed E-state index contributed by atoms with van der Waals surface area (Å²) in [4.78, 5) is 11.7. The molecule has 0 aromatic heterocycles. The van der Waals surface area contributed by atoms with Crippen molar-refractivity contribution in [3.05, 3.63) is 59.7 Å². The Kier molecular flexibility index (Phi) is 5.42. The fourth-order valence-electron chi connectivity index (χ4n) is 2.35. The van der Waals surface area contributed by atoms with Crippen LogP contribution in [0.5, 0.6) is 11.5 Å². The Labute approximate surface area is 130 Å². The van der Waals surface area contributed by atoms with E-state index in [4.69, 9.17) is 14.2 Å². The van der Waals surface area contributed by atoms with E-state index >= 15 is 0 Å². The second kappa shape index (κ2) is 7.50. The van der Waals surface area contributed by atoms with Crippen molar-refractivity contribution in [2.75, 3.05) is 21.3 Å². The Bertz CT molecular complexity index is 554. The molecule has 0 aliphatic carbocycles. The third-order valence-corrected chi connectivity index (χ3v) is 3.63.